The molecule has 4 atom stereocenters. The van der Waals surface area contributed by atoms with Gasteiger partial charge in [0.15, 0.2) is 0 Å². The maximum Gasteiger partial charge on any atom is 0.132 e. The molecule has 1 aromatic carbocycles. The van der Waals surface area contributed by atoms with Crippen LogP contribution in [0.25, 0.3) is 0 Å². The molecule has 3 nitrogen and oxygen atoms in total. The maximum atomic E-state index is 10.9. The van der Waals surface area contributed by atoms with Gasteiger partial charge in [-0.05, 0) is 55.4 Å². The molecular formula is C20H26BrNO2. The van der Waals surface area contributed by atoms with E-state index in [1.54, 1.807) is 7.11 Å². The van der Waals surface area contributed by atoms with Crippen molar-refractivity contribution in [1.29, 1.82) is 0 Å². The molecule has 4 unspecified atom stereocenters. The standard InChI is InChI=1S/C20H25NO2.BrH/c1-4-20(22)11-8-18-19(20,2)10-7-17-16-6-5-15(23-3)13-14(16)9-12-21(17)18;/h1,5-6,13,17-18,22H,7-12H2,2-3H3;1H. The lowest BCUT2D eigenvalue weighted by atomic mass is 9.66. The minimum Gasteiger partial charge on any atom is -0.497 e. The van der Waals surface area contributed by atoms with Crippen molar-refractivity contribution in [3.05, 3.63) is 29.3 Å². The lowest BCUT2D eigenvalue weighted by Gasteiger charge is -2.54. The third-order valence-corrected chi connectivity index (χ3v) is 6.78. The van der Waals surface area contributed by atoms with Gasteiger partial charge >= 0.3 is 0 Å². The molecule has 0 aromatic heterocycles. The largest absolute Gasteiger partial charge is 0.497 e. The Morgan fingerprint density at radius 3 is 2.83 bits per heavy atom. The number of hydrogen-bond acceptors (Lipinski definition) is 3. The summed E-state index contributed by atoms with van der Waals surface area (Å²) in [5.74, 6) is 3.67. The highest BCUT2D eigenvalue weighted by atomic mass is 79.9. The van der Waals surface area contributed by atoms with Gasteiger partial charge in [0.05, 0.1) is 7.11 Å². The molecule has 3 aliphatic rings. The van der Waals surface area contributed by atoms with Crippen LogP contribution in [-0.4, -0.2) is 35.3 Å². The fourth-order valence-electron chi connectivity index (χ4n) is 5.33. The molecule has 0 radical (unpaired) electrons. The summed E-state index contributed by atoms with van der Waals surface area (Å²) >= 11 is 0. The van der Waals surface area contributed by atoms with E-state index in [1.165, 1.54) is 11.1 Å². The van der Waals surface area contributed by atoms with E-state index in [2.05, 4.69) is 35.9 Å². The topological polar surface area (TPSA) is 32.7 Å². The van der Waals surface area contributed by atoms with Gasteiger partial charge in [0.1, 0.15) is 11.4 Å². The normalized spacial score (nSPS) is 37.4. The van der Waals surface area contributed by atoms with Crippen molar-refractivity contribution in [3.63, 3.8) is 0 Å². The molecule has 1 aliphatic carbocycles. The molecule has 24 heavy (non-hydrogen) atoms. The number of hydrogen-bond donors (Lipinski definition) is 1. The number of ether oxygens (including phenoxy) is 1. The van der Waals surface area contributed by atoms with Crippen LogP contribution in [0.3, 0.4) is 0 Å². The van der Waals surface area contributed by atoms with Crippen molar-refractivity contribution in [1.82, 2.24) is 4.90 Å². The van der Waals surface area contributed by atoms with E-state index < -0.39 is 5.60 Å². The first-order valence-electron chi connectivity index (χ1n) is 8.65. The predicted octanol–water partition coefficient (Wildman–Crippen LogP) is 3.50. The van der Waals surface area contributed by atoms with Crippen LogP contribution in [0, 0.1) is 17.8 Å². The van der Waals surface area contributed by atoms with Crippen LogP contribution in [0.4, 0.5) is 0 Å². The predicted molar refractivity (Wildman–Crippen MR) is 101 cm³/mol. The second-order valence-corrected chi connectivity index (χ2v) is 7.58. The highest BCUT2D eigenvalue weighted by Crippen LogP contribution is 2.58. The van der Waals surface area contributed by atoms with Crippen LogP contribution in [0.2, 0.25) is 0 Å². The van der Waals surface area contributed by atoms with Crippen LogP contribution >= 0.6 is 17.0 Å². The van der Waals surface area contributed by atoms with Gasteiger partial charge in [-0.2, -0.15) is 0 Å². The van der Waals surface area contributed by atoms with Gasteiger partial charge in [-0.15, -0.1) is 23.4 Å². The summed E-state index contributed by atoms with van der Waals surface area (Å²) in [6, 6.07) is 7.34. The first-order chi connectivity index (χ1) is 11.0. The van der Waals surface area contributed by atoms with E-state index in [0.29, 0.717) is 12.1 Å². The summed E-state index contributed by atoms with van der Waals surface area (Å²) in [5.41, 5.74) is 1.74. The number of benzene rings is 1. The van der Waals surface area contributed by atoms with Gasteiger partial charge in [0.2, 0.25) is 0 Å². The Morgan fingerprint density at radius 2 is 2.12 bits per heavy atom. The van der Waals surface area contributed by atoms with Crippen LogP contribution < -0.4 is 4.74 Å². The summed E-state index contributed by atoms with van der Waals surface area (Å²) in [7, 11) is 1.72. The molecule has 1 N–H and O–H groups in total. The highest BCUT2D eigenvalue weighted by molar-refractivity contribution is 8.93. The van der Waals surface area contributed by atoms with E-state index in [1.807, 2.05) is 0 Å². The molecule has 4 rings (SSSR count). The molecule has 4 heteroatoms. The Bertz CT molecular complexity index is 685. The third kappa shape index (κ3) is 2.25. The van der Waals surface area contributed by atoms with Gasteiger partial charge in [-0.3, -0.25) is 4.90 Å². The molecule has 130 valence electrons. The van der Waals surface area contributed by atoms with E-state index >= 15 is 0 Å². The van der Waals surface area contributed by atoms with E-state index in [-0.39, 0.29) is 22.4 Å². The Morgan fingerprint density at radius 1 is 1.33 bits per heavy atom. The number of rotatable bonds is 1. The minimum absolute atomic E-state index is 0. The summed E-state index contributed by atoms with van der Waals surface area (Å²) in [4.78, 5) is 2.62. The molecule has 2 heterocycles. The maximum absolute atomic E-state index is 10.9. The molecule has 2 fully saturated rings. The lowest BCUT2D eigenvalue weighted by Crippen LogP contribution is -2.57. The molecule has 1 aromatic rings. The third-order valence-electron chi connectivity index (χ3n) is 6.78. The van der Waals surface area contributed by atoms with Crippen molar-refractivity contribution in [2.45, 2.75) is 56.7 Å². The van der Waals surface area contributed by atoms with Crippen LogP contribution in [0.15, 0.2) is 18.2 Å². The lowest BCUT2D eigenvalue weighted by molar-refractivity contribution is -0.0839. The Hall–Kier alpha value is -1.02. The van der Waals surface area contributed by atoms with E-state index in [9.17, 15) is 5.11 Å². The van der Waals surface area contributed by atoms with Gasteiger partial charge in [0, 0.05) is 24.0 Å². The zero-order chi connectivity index (χ0) is 16.2. The fourth-order valence-corrected chi connectivity index (χ4v) is 5.33. The molecule has 0 amide bonds. The van der Waals surface area contributed by atoms with Crippen molar-refractivity contribution in [2.24, 2.45) is 5.41 Å². The van der Waals surface area contributed by atoms with E-state index in [4.69, 9.17) is 11.2 Å². The minimum atomic E-state index is -0.942. The first kappa shape index (κ1) is 17.8. The Balaban J connectivity index is 0.00000169. The zero-order valence-electron chi connectivity index (χ0n) is 14.4. The monoisotopic (exact) mass is 391 g/mol. The van der Waals surface area contributed by atoms with Gasteiger partial charge in [-0.1, -0.05) is 18.9 Å². The quantitative estimate of drug-likeness (QED) is 0.743. The summed E-state index contributed by atoms with van der Waals surface area (Å²) < 4.78 is 5.37. The SMILES string of the molecule is Br.C#CC1(O)CCC2N3CCc4cc(OC)ccc4C3CCC21C. The smallest absolute Gasteiger partial charge is 0.132 e. The number of aliphatic hydroxyl groups is 1. The Kier molecular flexibility index (Phi) is 4.49. The van der Waals surface area contributed by atoms with Crippen LogP contribution in [-0.2, 0) is 6.42 Å². The number of fused-ring (bicyclic) bond motifs is 5. The average molecular weight is 392 g/mol. The van der Waals surface area contributed by atoms with Crippen molar-refractivity contribution < 1.29 is 9.84 Å². The number of methoxy groups -OCH3 is 1. The van der Waals surface area contributed by atoms with Gasteiger partial charge < -0.3 is 9.84 Å². The van der Waals surface area contributed by atoms with Crippen molar-refractivity contribution >= 4 is 17.0 Å². The second-order valence-electron chi connectivity index (χ2n) is 7.58. The molecule has 1 saturated heterocycles. The van der Waals surface area contributed by atoms with E-state index in [0.717, 1.165) is 44.4 Å². The summed E-state index contributed by atoms with van der Waals surface area (Å²) in [6.45, 7) is 3.25. The fraction of sp³-hybridized carbons (Fsp3) is 0.600. The summed E-state index contributed by atoms with van der Waals surface area (Å²) in [6.07, 6.45) is 10.5. The second kappa shape index (κ2) is 6.05. The average Bonchev–Trinajstić information content (AvgIpc) is 2.86. The molecular weight excluding hydrogens is 366 g/mol. The number of halogens is 1. The Labute approximate surface area is 155 Å². The molecule has 1 saturated carbocycles. The molecule has 0 spiro atoms. The van der Waals surface area contributed by atoms with Crippen molar-refractivity contribution in [3.8, 4) is 18.1 Å². The molecule has 2 aliphatic heterocycles. The van der Waals surface area contributed by atoms with Gasteiger partial charge in [0.25, 0.3) is 0 Å². The van der Waals surface area contributed by atoms with Crippen LogP contribution in [0.1, 0.15) is 49.8 Å². The zero-order valence-corrected chi connectivity index (χ0v) is 16.1. The van der Waals surface area contributed by atoms with Gasteiger partial charge in [-0.25, -0.2) is 0 Å². The number of nitrogens with zero attached hydrogens (tertiary/aromatic N) is 1. The molecule has 0 bridgehead atoms. The van der Waals surface area contributed by atoms with Crippen molar-refractivity contribution in [2.75, 3.05) is 13.7 Å². The highest BCUT2D eigenvalue weighted by Gasteiger charge is 2.60. The number of terminal acetylenes is 1. The first-order valence-corrected chi connectivity index (χ1v) is 8.65. The number of piperidine rings is 1. The summed E-state index contributed by atoms with van der Waals surface area (Å²) in [5, 5.41) is 10.9. The van der Waals surface area contributed by atoms with Crippen LogP contribution in [0.5, 0.6) is 5.75 Å².